The number of benzene rings is 3. The summed E-state index contributed by atoms with van der Waals surface area (Å²) in [5.74, 6) is 1.32. The largest absolute Gasteiger partial charge is 0.490 e. The second-order valence-corrected chi connectivity index (χ2v) is 15.8. The Kier molecular flexibility index (Phi) is 12.1. The first-order valence-electron chi connectivity index (χ1n) is 17.9. The number of amides is 2. The highest BCUT2D eigenvalue weighted by Crippen LogP contribution is 2.47. The van der Waals surface area contributed by atoms with Crippen LogP contribution in [-0.2, 0) is 32.3 Å². The maximum Gasteiger partial charge on any atom is 0.419 e. The zero-order valence-electron chi connectivity index (χ0n) is 29.4. The molecule has 9 nitrogen and oxygen atoms in total. The van der Waals surface area contributed by atoms with Gasteiger partial charge in [0.15, 0.2) is 0 Å². The van der Waals surface area contributed by atoms with Gasteiger partial charge in [-0.2, -0.15) is 0 Å². The lowest BCUT2D eigenvalue weighted by Crippen LogP contribution is -2.49. The quantitative estimate of drug-likeness (QED) is 0.138. The van der Waals surface area contributed by atoms with E-state index in [0.29, 0.717) is 42.6 Å². The highest BCUT2D eigenvalue weighted by Gasteiger charge is 2.44. The maximum absolute atomic E-state index is 12.5. The summed E-state index contributed by atoms with van der Waals surface area (Å²) < 4.78 is 32.9. The molecule has 1 heterocycles. The molecule has 1 aliphatic heterocycles. The molecule has 2 amide bonds. The molecule has 0 saturated heterocycles. The van der Waals surface area contributed by atoms with Gasteiger partial charge in [0, 0.05) is 42.0 Å². The van der Waals surface area contributed by atoms with Gasteiger partial charge >= 0.3 is 6.09 Å². The average Bonchev–Trinajstić information content (AvgIpc) is 3.26. The highest BCUT2D eigenvalue weighted by atomic mass is 35.5. The number of nitrogens with zero attached hydrogens (tertiary/aromatic N) is 1. The van der Waals surface area contributed by atoms with Crippen LogP contribution >= 0.6 is 11.6 Å². The van der Waals surface area contributed by atoms with Gasteiger partial charge in [0.05, 0.1) is 18.4 Å². The standard InChI is InChI=1S/C40H48ClN3O6S/c1-27(28-10-5-3-6-11-28)50-39(46)43-51(47)21-8-4-7-13-36(48-2)33-17-14-31(33)24-44-25-40(20-9-12-29-22-32(41)16-18-34(29)40)26-49-37-19-15-30(38(42)45)23-35(37)44/h3,5-7,10-11,13,15-16,18-19,22-23,27,31,33,36H,4,8-9,12,14,17,20-21,24-26H2,1-2H3,(H2,42,45)(H,43,46)/b13-7+/t27-,31-,33+,36-,40-,51-/m0/s1. The van der Waals surface area contributed by atoms with Gasteiger partial charge in [-0.05, 0) is 111 Å². The topological polar surface area (TPSA) is 120 Å². The Bertz CT molecular complexity index is 1760. The molecule has 0 radical (unpaired) electrons. The van der Waals surface area contributed by atoms with Crippen LogP contribution in [0.3, 0.4) is 0 Å². The van der Waals surface area contributed by atoms with E-state index in [1.165, 1.54) is 11.1 Å². The molecule has 2 aliphatic carbocycles. The molecule has 6 atom stereocenters. The number of carbonyl (C=O) groups is 2. The molecule has 0 unspecified atom stereocenters. The van der Waals surface area contributed by atoms with Gasteiger partial charge in [0.25, 0.3) is 0 Å². The predicted octanol–water partition coefficient (Wildman–Crippen LogP) is 7.44. The van der Waals surface area contributed by atoms with Crippen molar-refractivity contribution in [1.29, 1.82) is 0 Å². The van der Waals surface area contributed by atoms with E-state index >= 15 is 0 Å². The van der Waals surface area contributed by atoms with Gasteiger partial charge < -0.3 is 24.8 Å². The Balaban J connectivity index is 1.07. The molecule has 3 N–H and O–H groups in total. The number of primary amides is 1. The molecule has 1 saturated carbocycles. The van der Waals surface area contributed by atoms with E-state index in [1.54, 1.807) is 20.1 Å². The van der Waals surface area contributed by atoms with Crippen molar-refractivity contribution in [3.63, 3.8) is 0 Å². The first-order valence-corrected chi connectivity index (χ1v) is 19.6. The van der Waals surface area contributed by atoms with Crippen molar-refractivity contribution in [1.82, 2.24) is 4.72 Å². The number of ether oxygens (including phenoxy) is 3. The number of nitrogens with two attached hydrogens (primary N) is 1. The summed E-state index contributed by atoms with van der Waals surface area (Å²) >= 11 is 6.42. The first kappa shape index (κ1) is 36.9. The van der Waals surface area contributed by atoms with Crippen LogP contribution in [0.2, 0.25) is 5.02 Å². The first-order chi connectivity index (χ1) is 24.7. The number of fused-ring (bicyclic) bond motifs is 3. The minimum Gasteiger partial charge on any atom is -0.490 e. The van der Waals surface area contributed by atoms with Gasteiger partial charge in [0.1, 0.15) is 22.8 Å². The Morgan fingerprint density at radius 3 is 2.73 bits per heavy atom. The van der Waals surface area contributed by atoms with Crippen LogP contribution in [0.25, 0.3) is 0 Å². The number of nitrogens with one attached hydrogen (secondary N) is 1. The Hall–Kier alpha value is -3.86. The van der Waals surface area contributed by atoms with E-state index < -0.39 is 29.1 Å². The van der Waals surface area contributed by atoms with E-state index in [1.807, 2.05) is 48.5 Å². The minimum absolute atomic E-state index is 0.0621. The van der Waals surface area contributed by atoms with Crippen LogP contribution in [-0.4, -0.2) is 54.9 Å². The fourth-order valence-corrected chi connectivity index (χ4v) is 8.84. The highest BCUT2D eigenvalue weighted by molar-refractivity contribution is 7.83. The number of rotatable bonds is 13. The van der Waals surface area contributed by atoms with Crippen molar-refractivity contribution < 1.29 is 28.0 Å². The van der Waals surface area contributed by atoms with E-state index in [4.69, 9.17) is 31.5 Å². The summed E-state index contributed by atoms with van der Waals surface area (Å²) in [7, 11) is 0.215. The number of hydrogen-bond donors (Lipinski definition) is 2. The second kappa shape index (κ2) is 16.7. The zero-order chi connectivity index (χ0) is 36.0. The third kappa shape index (κ3) is 8.79. The second-order valence-electron chi connectivity index (χ2n) is 14.0. The van der Waals surface area contributed by atoms with E-state index in [9.17, 15) is 13.8 Å². The number of carbonyl (C=O) groups excluding carboxylic acids is 2. The molecular weight excluding hydrogens is 686 g/mol. The van der Waals surface area contributed by atoms with Crippen molar-refractivity contribution in [2.45, 2.75) is 69.5 Å². The summed E-state index contributed by atoms with van der Waals surface area (Å²) in [6.07, 6.45) is 9.54. The third-order valence-electron chi connectivity index (χ3n) is 10.7. The Morgan fingerprint density at radius 2 is 1.98 bits per heavy atom. The minimum atomic E-state index is -1.53. The smallest absolute Gasteiger partial charge is 0.419 e. The molecule has 6 rings (SSSR count). The van der Waals surface area contributed by atoms with Gasteiger partial charge in [-0.3, -0.25) is 4.79 Å². The molecule has 0 aromatic heterocycles. The molecule has 272 valence electrons. The molecule has 0 bridgehead atoms. The van der Waals surface area contributed by atoms with Crippen LogP contribution in [0.4, 0.5) is 10.5 Å². The molecular formula is C40H48ClN3O6S. The summed E-state index contributed by atoms with van der Waals surface area (Å²) in [6.45, 7) is 3.89. The van der Waals surface area contributed by atoms with Crippen molar-refractivity contribution in [3.8, 4) is 5.75 Å². The fraction of sp³-hybridized carbons (Fsp3) is 0.450. The summed E-state index contributed by atoms with van der Waals surface area (Å²) in [6, 6.07) is 21.2. The fourth-order valence-electron chi connectivity index (χ4n) is 7.88. The molecule has 3 aliphatic rings. The lowest BCUT2D eigenvalue weighted by atomic mass is 9.68. The predicted molar refractivity (Wildman–Crippen MR) is 202 cm³/mol. The molecule has 1 spiro atoms. The number of allylic oxidation sites excluding steroid dienone is 1. The van der Waals surface area contributed by atoms with E-state index in [2.05, 4.69) is 33.9 Å². The maximum atomic E-state index is 12.5. The average molecular weight is 734 g/mol. The monoisotopic (exact) mass is 733 g/mol. The number of anilines is 1. The van der Waals surface area contributed by atoms with Crippen LogP contribution in [0, 0.1) is 11.8 Å². The van der Waals surface area contributed by atoms with E-state index in [-0.39, 0.29) is 11.5 Å². The van der Waals surface area contributed by atoms with Gasteiger partial charge in [-0.25, -0.2) is 13.7 Å². The van der Waals surface area contributed by atoms with Crippen LogP contribution in [0.5, 0.6) is 5.75 Å². The van der Waals surface area contributed by atoms with Crippen LogP contribution in [0.1, 0.15) is 78.6 Å². The van der Waals surface area contributed by atoms with Crippen LogP contribution < -0.4 is 20.1 Å². The van der Waals surface area contributed by atoms with E-state index in [0.717, 1.165) is 67.2 Å². The van der Waals surface area contributed by atoms with Gasteiger partial charge in [0.2, 0.25) is 5.91 Å². The zero-order valence-corrected chi connectivity index (χ0v) is 30.9. The number of aryl methyl sites for hydroxylation is 1. The van der Waals surface area contributed by atoms with Crippen molar-refractivity contribution in [2.75, 3.05) is 37.5 Å². The van der Waals surface area contributed by atoms with Crippen molar-refractivity contribution in [3.05, 3.63) is 106 Å². The molecule has 3 aromatic carbocycles. The summed E-state index contributed by atoms with van der Waals surface area (Å²) in [5.41, 5.74) is 10.3. The van der Waals surface area contributed by atoms with Crippen molar-refractivity contribution >= 4 is 40.3 Å². The summed E-state index contributed by atoms with van der Waals surface area (Å²) in [4.78, 5) is 26.9. The lowest BCUT2D eigenvalue weighted by Gasteiger charge is -2.46. The van der Waals surface area contributed by atoms with Crippen molar-refractivity contribution in [2.24, 2.45) is 17.6 Å². The number of hydrogen-bond acceptors (Lipinski definition) is 7. The van der Waals surface area contributed by atoms with Gasteiger partial charge in [-0.1, -0.05) is 60.2 Å². The summed E-state index contributed by atoms with van der Waals surface area (Å²) in [5, 5.41) is 0.751. The molecule has 11 heteroatoms. The lowest BCUT2D eigenvalue weighted by molar-refractivity contribution is 0.0132. The SMILES string of the molecule is CO[C@@H](/C=C/CCC[S@](=O)NC(=O)O[C@@H](C)c1ccccc1)[C@@H]1CC[C@H]1CN1C[C@@]2(CCCc3cc(Cl)ccc32)COc2ccc(C(N)=O)cc21. The number of unbranched alkanes of at least 4 members (excludes halogenated alkanes) is 1. The number of halogens is 1. The van der Waals surface area contributed by atoms with Crippen LogP contribution in [0.15, 0.2) is 78.9 Å². The third-order valence-corrected chi connectivity index (χ3v) is 12.0. The Labute approximate surface area is 308 Å². The Morgan fingerprint density at radius 1 is 1.16 bits per heavy atom. The normalized spacial score (nSPS) is 22.8. The molecule has 3 aromatic rings. The molecule has 51 heavy (non-hydrogen) atoms. The molecule has 1 fully saturated rings. The van der Waals surface area contributed by atoms with Gasteiger partial charge in [-0.15, -0.1) is 0 Å². The number of methoxy groups -OCH3 is 1.